The number of ether oxygens (including phenoxy) is 1. The SMILES string of the molecule is Cc1ccnc(OC(C)C(F)(F)F)c1C(N)=S. The molecule has 0 fully saturated rings. The molecule has 0 aromatic carbocycles. The standard InChI is InChI=1S/C10H11F3N2OS/c1-5-3-4-15-9(7(5)8(14)17)16-6(2)10(11,12)13/h3-4,6H,1-2H3,(H2,14,17). The van der Waals surface area contributed by atoms with E-state index in [0.29, 0.717) is 5.56 Å². The number of halogens is 3. The molecule has 7 heteroatoms. The molecule has 0 aliphatic carbocycles. The van der Waals surface area contributed by atoms with E-state index in [9.17, 15) is 13.2 Å². The van der Waals surface area contributed by atoms with E-state index in [1.165, 1.54) is 6.20 Å². The lowest BCUT2D eigenvalue weighted by Gasteiger charge is -2.19. The number of alkyl halides is 3. The van der Waals surface area contributed by atoms with Crippen LogP contribution in [0.3, 0.4) is 0 Å². The van der Waals surface area contributed by atoms with Crippen molar-refractivity contribution in [2.75, 3.05) is 0 Å². The van der Waals surface area contributed by atoms with Gasteiger partial charge in [0, 0.05) is 6.20 Å². The van der Waals surface area contributed by atoms with Crippen LogP contribution in [0.2, 0.25) is 0 Å². The molecule has 1 atom stereocenters. The van der Waals surface area contributed by atoms with Crippen molar-refractivity contribution < 1.29 is 17.9 Å². The first kappa shape index (κ1) is 13.7. The van der Waals surface area contributed by atoms with E-state index < -0.39 is 12.3 Å². The van der Waals surface area contributed by atoms with Crippen molar-refractivity contribution in [1.82, 2.24) is 4.98 Å². The zero-order chi connectivity index (χ0) is 13.2. The van der Waals surface area contributed by atoms with Crippen molar-refractivity contribution in [2.24, 2.45) is 5.73 Å². The van der Waals surface area contributed by atoms with Crippen LogP contribution in [0.15, 0.2) is 12.3 Å². The zero-order valence-corrected chi connectivity index (χ0v) is 10.0. The van der Waals surface area contributed by atoms with Crippen LogP contribution in [0.4, 0.5) is 13.2 Å². The van der Waals surface area contributed by atoms with Gasteiger partial charge in [-0.2, -0.15) is 13.2 Å². The van der Waals surface area contributed by atoms with Crippen LogP contribution in [0.5, 0.6) is 5.88 Å². The molecule has 1 aromatic rings. The average Bonchev–Trinajstić information content (AvgIpc) is 2.15. The lowest BCUT2D eigenvalue weighted by atomic mass is 10.1. The van der Waals surface area contributed by atoms with E-state index in [2.05, 4.69) is 4.98 Å². The molecular formula is C10H11F3N2OS. The Balaban J connectivity index is 3.07. The summed E-state index contributed by atoms with van der Waals surface area (Å²) in [4.78, 5) is 3.68. The zero-order valence-electron chi connectivity index (χ0n) is 9.21. The number of thiocarbonyl (C=S) groups is 1. The smallest absolute Gasteiger partial charge is 0.425 e. The van der Waals surface area contributed by atoms with Gasteiger partial charge in [-0.05, 0) is 25.5 Å². The highest BCUT2D eigenvalue weighted by Crippen LogP contribution is 2.26. The predicted molar refractivity (Wildman–Crippen MR) is 61.0 cm³/mol. The summed E-state index contributed by atoms with van der Waals surface area (Å²) in [5.74, 6) is -0.192. The van der Waals surface area contributed by atoms with Gasteiger partial charge in [0.1, 0.15) is 4.99 Å². The number of rotatable bonds is 3. The Morgan fingerprint density at radius 1 is 1.53 bits per heavy atom. The largest absolute Gasteiger partial charge is 0.464 e. The summed E-state index contributed by atoms with van der Waals surface area (Å²) in [7, 11) is 0. The molecule has 0 aliphatic rings. The molecule has 2 N–H and O–H groups in total. The summed E-state index contributed by atoms with van der Waals surface area (Å²) < 4.78 is 41.8. The lowest BCUT2D eigenvalue weighted by molar-refractivity contribution is -0.190. The Morgan fingerprint density at radius 2 is 2.12 bits per heavy atom. The molecule has 0 radical (unpaired) electrons. The first-order chi connectivity index (χ1) is 7.73. The first-order valence-corrected chi connectivity index (χ1v) is 5.13. The predicted octanol–water partition coefficient (Wildman–Crippen LogP) is 2.35. The minimum Gasteiger partial charge on any atom is -0.464 e. The van der Waals surface area contributed by atoms with Gasteiger partial charge in [0.2, 0.25) is 5.88 Å². The number of aryl methyl sites for hydroxylation is 1. The molecule has 17 heavy (non-hydrogen) atoms. The highest BCUT2D eigenvalue weighted by Gasteiger charge is 2.38. The number of nitrogens with zero attached hydrogens (tertiary/aromatic N) is 1. The molecule has 1 aromatic heterocycles. The van der Waals surface area contributed by atoms with Crippen LogP contribution in [0.1, 0.15) is 18.1 Å². The second-order valence-corrected chi connectivity index (χ2v) is 3.91. The second-order valence-electron chi connectivity index (χ2n) is 3.47. The van der Waals surface area contributed by atoms with Gasteiger partial charge < -0.3 is 10.5 Å². The van der Waals surface area contributed by atoms with E-state index in [1.54, 1.807) is 13.0 Å². The Hall–Kier alpha value is -1.37. The molecule has 94 valence electrons. The van der Waals surface area contributed by atoms with Crippen LogP contribution >= 0.6 is 12.2 Å². The molecule has 0 bridgehead atoms. The van der Waals surface area contributed by atoms with Crippen LogP contribution in [-0.2, 0) is 0 Å². The molecule has 1 unspecified atom stereocenters. The molecule has 0 saturated heterocycles. The van der Waals surface area contributed by atoms with Gasteiger partial charge in [0.05, 0.1) is 5.56 Å². The number of aromatic nitrogens is 1. The van der Waals surface area contributed by atoms with Gasteiger partial charge in [-0.15, -0.1) is 0 Å². The third kappa shape index (κ3) is 3.29. The molecule has 3 nitrogen and oxygen atoms in total. The van der Waals surface area contributed by atoms with E-state index in [4.69, 9.17) is 22.7 Å². The van der Waals surface area contributed by atoms with Gasteiger partial charge >= 0.3 is 6.18 Å². The maximum absolute atomic E-state index is 12.4. The first-order valence-electron chi connectivity index (χ1n) is 4.72. The summed E-state index contributed by atoms with van der Waals surface area (Å²) in [6.07, 6.45) is -5.08. The Morgan fingerprint density at radius 3 is 2.59 bits per heavy atom. The number of nitrogens with two attached hydrogens (primary N) is 1. The molecule has 1 heterocycles. The van der Waals surface area contributed by atoms with Gasteiger partial charge in [0.25, 0.3) is 0 Å². The quantitative estimate of drug-likeness (QED) is 0.851. The second kappa shape index (κ2) is 4.87. The van der Waals surface area contributed by atoms with E-state index >= 15 is 0 Å². The fourth-order valence-electron chi connectivity index (χ4n) is 1.16. The summed E-state index contributed by atoms with van der Waals surface area (Å²) in [5.41, 5.74) is 6.29. The van der Waals surface area contributed by atoms with Crippen molar-refractivity contribution >= 4 is 17.2 Å². The molecule has 1 rings (SSSR count). The molecule has 0 amide bonds. The Labute approximate surface area is 102 Å². The summed E-state index contributed by atoms with van der Waals surface area (Å²) >= 11 is 4.76. The van der Waals surface area contributed by atoms with Crippen LogP contribution in [-0.4, -0.2) is 22.3 Å². The average molecular weight is 264 g/mol. The maximum atomic E-state index is 12.4. The van der Waals surface area contributed by atoms with Crippen LogP contribution < -0.4 is 10.5 Å². The molecule has 0 aliphatic heterocycles. The lowest BCUT2D eigenvalue weighted by Crippen LogP contribution is -2.32. The highest BCUT2D eigenvalue weighted by molar-refractivity contribution is 7.80. The molecule has 0 spiro atoms. The summed E-state index contributed by atoms with van der Waals surface area (Å²) in [6, 6.07) is 1.60. The van der Waals surface area contributed by atoms with Crippen molar-refractivity contribution in [3.63, 3.8) is 0 Å². The topological polar surface area (TPSA) is 48.1 Å². The number of hydrogen-bond acceptors (Lipinski definition) is 3. The van der Waals surface area contributed by atoms with Gasteiger partial charge in [-0.1, -0.05) is 12.2 Å². The Bertz CT molecular complexity index is 434. The number of hydrogen-bond donors (Lipinski definition) is 1. The maximum Gasteiger partial charge on any atom is 0.425 e. The molecule has 0 saturated carbocycles. The third-order valence-corrected chi connectivity index (χ3v) is 2.32. The van der Waals surface area contributed by atoms with E-state index in [0.717, 1.165) is 6.92 Å². The van der Waals surface area contributed by atoms with Crippen molar-refractivity contribution in [3.05, 3.63) is 23.4 Å². The summed E-state index contributed by atoms with van der Waals surface area (Å²) in [5, 5.41) is 0. The van der Waals surface area contributed by atoms with Crippen molar-refractivity contribution in [3.8, 4) is 5.88 Å². The van der Waals surface area contributed by atoms with Crippen molar-refractivity contribution in [1.29, 1.82) is 0 Å². The van der Waals surface area contributed by atoms with Crippen molar-refractivity contribution in [2.45, 2.75) is 26.1 Å². The summed E-state index contributed by atoms with van der Waals surface area (Å²) in [6.45, 7) is 2.56. The molecular weight excluding hydrogens is 253 g/mol. The fraction of sp³-hybridized carbons (Fsp3) is 0.400. The van der Waals surface area contributed by atoms with Gasteiger partial charge in [0.15, 0.2) is 6.10 Å². The fourth-order valence-corrected chi connectivity index (χ4v) is 1.40. The van der Waals surface area contributed by atoms with E-state index in [1.807, 2.05) is 0 Å². The number of pyridine rings is 1. The highest BCUT2D eigenvalue weighted by atomic mass is 32.1. The Kier molecular flexibility index (Phi) is 3.92. The minimum atomic E-state index is -4.46. The van der Waals surface area contributed by atoms with Gasteiger partial charge in [-0.3, -0.25) is 0 Å². The minimum absolute atomic E-state index is 0.0417. The van der Waals surface area contributed by atoms with Crippen LogP contribution in [0, 0.1) is 6.92 Å². The van der Waals surface area contributed by atoms with Crippen LogP contribution in [0.25, 0.3) is 0 Å². The normalized spacial score (nSPS) is 13.2. The van der Waals surface area contributed by atoms with E-state index in [-0.39, 0.29) is 16.4 Å². The van der Waals surface area contributed by atoms with Gasteiger partial charge in [-0.25, -0.2) is 4.98 Å². The monoisotopic (exact) mass is 264 g/mol. The third-order valence-electron chi connectivity index (χ3n) is 2.12.